The van der Waals surface area contributed by atoms with Crippen molar-refractivity contribution in [3.05, 3.63) is 283 Å². The second-order valence-electron chi connectivity index (χ2n) is 19.8. The first kappa shape index (κ1) is 39.5. The van der Waals surface area contributed by atoms with Crippen LogP contribution < -0.4 is 0 Å². The maximum absolute atomic E-state index is 2.52. The van der Waals surface area contributed by atoms with E-state index in [4.69, 9.17) is 0 Å². The van der Waals surface area contributed by atoms with Crippen molar-refractivity contribution in [3.8, 4) is 61.3 Å². The van der Waals surface area contributed by atoms with Gasteiger partial charge in [-0.25, -0.2) is 0 Å². The summed E-state index contributed by atoms with van der Waals surface area (Å²) in [6, 6.07) is 97.9. The fourth-order valence-corrected chi connectivity index (χ4v) is 13.4. The number of hydrogen-bond acceptors (Lipinski definition) is 0. The number of para-hydroxylation sites is 2. The van der Waals surface area contributed by atoms with E-state index in [2.05, 4.69) is 265 Å². The van der Waals surface area contributed by atoms with Gasteiger partial charge in [-0.05, 0) is 170 Å². The quantitative estimate of drug-likeness (QED) is 0.155. The Labute approximate surface area is 417 Å². The third-order valence-corrected chi connectivity index (χ3v) is 16.3. The summed E-state index contributed by atoms with van der Waals surface area (Å²) in [5, 5.41) is 12.6. The van der Waals surface area contributed by atoms with Crippen molar-refractivity contribution in [2.24, 2.45) is 0 Å². The largest absolute Gasteiger partial charge is 0.309 e. The summed E-state index contributed by atoms with van der Waals surface area (Å²) < 4.78 is 2.39. The Morgan fingerprint density at radius 1 is 0.250 bits per heavy atom. The lowest BCUT2D eigenvalue weighted by Crippen LogP contribution is -2.26. The van der Waals surface area contributed by atoms with Crippen LogP contribution in [0.25, 0.3) is 126 Å². The van der Waals surface area contributed by atoms with Crippen LogP contribution in [0.5, 0.6) is 0 Å². The average molecular weight is 910 g/mol. The molecule has 0 bridgehead atoms. The van der Waals surface area contributed by atoms with Crippen LogP contribution in [0.15, 0.2) is 261 Å². The van der Waals surface area contributed by atoms with E-state index in [1.54, 1.807) is 0 Å². The van der Waals surface area contributed by atoms with Crippen LogP contribution in [0.1, 0.15) is 22.3 Å². The number of benzene rings is 13. The molecular formula is C71H43N. The molecule has 0 N–H and O–H groups in total. The minimum atomic E-state index is -0.429. The molecule has 72 heavy (non-hydrogen) atoms. The third-order valence-electron chi connectivity index (χ3n) is 16.3. The van der Waals surface area contributed by atoms with E-state index in [0.717, 1.165) is 0 Å². The van der Waals surface area contributed by atoms with Crippen molar-refractivity contribution in [2.45, 2.75) is 5.41 Å². The number of fused-ring (bicyclic) bond motifs is 18. The molecule has 0 atom stereocenters. The summed E-state index contributed by atoms with van der Waals surface area (Å²) in [4.78, 5) is 0. The first-order valence-electron chi connectivity index (χ1n) is 25.2. The van der Waals surface area contributed by atoms with E-state index in [9.17, 15) is 0 Å². The SMILES string of the molecule is c1ccc(-n2c3ccccc3c3cc(-c4c5ccccc5c(-c5ccc(-c6ccc7cc8c(cc7c6)C6(c7ccccc7-c7ccccc76)c6c-8ccc7ccccc67)cc5)c5ccccc45)ccc32)cc1. The predicted octanol–water partition coefficient (Wildman–Crippen LogP) is 18.7. The van der Waals surface area contributed by atoms with Gasteiger partial charge < -0.3 is 4.57 Å². The molecular weight excluding hydrogens is 867 g/mol. The van der Waals surface area contributed by atoms with Crippen LogP contribution in [0, 0.1) is 0 Å². The van der Waals surface area contributed by atoms with Crippen molar-refractivity contribution in [2.75, 3.05) is 0 Å². The minimum Gasteiger partial charge on any atom is -0.309 e. The molecule has 0 saturated heterocycles. The molecule has 1 nitrogen and oxygen atoms in total. The Bertz CT molecular complexity index is 4510. The Kier molecular flexibility index (Phi) is 8.16. The second-order valence-corrected chi connectivity index (χ2v) is 19.8. The molecule has 1 spiro atoms. The first-order chi connectivity index (χ1) is 35.7. The Balaban J connectivity index is 0.836. The number of aromatic nitrogens is 1. The Morgan fingerprint density at radius 2 is 0.778 bits per heavy atom. The highest BCUT2D eigenvalue weighted by Crippen LogP contribution is 2.64. The fraction of sp³-hybridized carbons (Fsp3) is 0.0141. The van der Waals surface area contributed by atoms with Gasteiger partial charge >= 0.3 is 0 Å². The van der Waals surface area contributed by atoms with Crippen LogP contribution in [0.4, 0.5) is 0 Å². The predicted molar refractivity (Wildman–Crippen MR) is 303 cm³/mol. The molecule has 1 heteroatoms. The van der Waals surface area contributed by atoms with Gasteiger partial charge in [-0.1, -0.05) is 212 Å². The van der Waals surface area contributed by atoms with Crippen molar-refractivity contribution in [1.29, 1.82) is 0 Å². The highest BCUT2D eigenvalue weighted by atomic mass is 15.0. The fourth-order valence-electron chi connectivity index (χ4n) is 13.4. The number of rotatable bonds is 4. The molecule has 13 aromatic carbocycles. The van der Waals surface area contributed by atoms with Gasteiger partial charge in [0.1, 0.15) is 0 Å². The molecule has 14 aromatic rings. The number of nitrogens with zero attached hydrogens (tertiary/aromatic N) is 1. The Hall–Kier alpha value is -9.30. The van der Waals surface area contributed by atoms with Gasteiger partial charge in [0, 0.05) is 16.5 Å². The van der Waals surface area contributed by atoms with E-state index in [1.807, 2.05) is 0 Å². The molecule has 2 aliphatic rings. The highest BCUT2D eigenvalue weighted by molar-refractivity contribution is 6.22. The van der Waals surface area contributed by atoms with Crippen molar-refractivity contribution < 1.29 is 0 Å². The minimum absolute atomic E-state index is 0.429. The summed E-state index contributed by atoms with van der Waals surface area (Å²) in [5.41, 5.74) is 21.4. The van der Waals surface area contributed by atoms with Crippen molar-refractivity contribution in [3.63, 3.8) is 0 Å². The maximum Gasteiger partial charge on any atom is 0.0731 e. The Morgan fingerprint density at radius 3 is 1.49 bits per heavy atom. The third kappa shape index (κ3) is 5.32. The van der Waals surface area contributed by atoms with Crippen LogP contribution in [0.3, 0.4) is 0 Å². The van der Waals surface area contributed by atoms with Gasteiger partial charge in [-0.3, -0.25) is 0 Å². The van der Waals surface area contributed by atoms with Crippen molar-refractivity contribution in [1.82, 2.24) is 4.57 Å². The van der Waals surface area contributed by atoms with Crippen LogP contribution in [-0.2, 0) is 5.41 Å². The van der Waals surface area contributed by atoms with Crippen LogP contribution >= 0.6 is 0 Å². The zero-order valence-corrected chi connectivity index (χ0v) is 39.3. The van der Waals surface area contributed by atoms with E-state index in [1.165, 1.54) is 148 Å². The molecule has 1 heterocycles. The molecule has 0 radical (unpaired) electrons. The molecule has 0 fully saturated rings. The van der Waals surface area contributed by atoms with Gasteiger partial charge in [0.2, 0.25) is 0 Å². The average Bonchev–Trinajstić information content (AvgIpc) is 4.05. The van der Waals surface area contributed by atoms with Gasteiger partial charge in [-0.2, -0.15) is 0 Å². The monoisotopic (exact) mass is 909 g/mol. The zero-order chi connectivity index (χ0) is 47.1. The molecule has 0 aliphatic heterocycles. The summed E-state index contributed by atoms with van der Waals surface area (Å²) in [5.74, 6) is 0. The lowest BCUT2D eigenvalue weighted by molar-refractivity contribution is 0.802. The summed E-state index contributed by atoms with van der Waals surface area (Å²) in [6.07, 6.45) is 0. The van der Waals surface area contributed by atoms with Crippen molar-refractivity contribution >= 4 is 64.9 Å². The van der Waals surface area contributed by atoms with E-state index < -0.39 is 5.41 Å². The van der Waals surface area contributed by atoms with E-state index in [-0.39, 0.29) is 0 Å². The maximum atomic E-state index is 2.52. The van der Waals surface area contributed by atoms with Gasteiger partial charge in [0.15, 0.2) is 0 Å². The topological polar surface area (TPSA) is 4.93 Å². The van der Waals surface area contributed by atoms with Crippen LogP contribution in [0.2, 0.25) is 0 Å². The lowest BCUT2D eigenvalue weighted by atomic mass is 9.69. The zero-order valence-electron chi connectivity index (χ0n) is 39.3. The standard InChI is InChI=1S/C71H43N/c1-2-17-51(18-3-1)72-66-29-15-12-22-55(66)62-42-49(37-39-67(62)72)69-58-25-8-6-23-56(58)68(57-24-7-9-26-59(57)69)46-32-30-44(31-33-46)47-34-35-48-41-61-60-38-36-45-16-4-5-19-52(45)70(60)71(65(61)43-50(48)40-47)63-27-13-10-20-53(63)54-21-11-14-28-64(54)71/h1-43H. The van der Waals surface area contributed by atoms with E-state index >= 15 is 0 Å². The molecule has 0 amide bonds. The molecule has 332 valence electrons. The lowest BCUT2D eigenvalue weighted by Gasteiger charge is -2.31. The second kappa shape index (κ2) is 14.9. The first-order valence-corrected chi connectivity index (χ1v) is 25.2. The molecule has 16 rings (SSSR count). The molecule has 1 aromatic heterocycles. The van der Waals surface area contributed by atoms with Gasteiger partial charge in [0.25, 0.3) is 0 Å². The van der Waals surface area contributed by atoms with E-state index in [0.29, 0.717) is 0 Å². The normalized spacial score (nSPS) is 13.1. The smallest absolute Gasteiger partial charge is 0.0731 e. The summed E-state index contributed by atoms with van der Waals surface area (Å²) >= 11 is 0. The van der Waals surface area contributed by atoms with Crippen LogP contribution in [-0.4, -0.2) is 4.57 Å². The highest BCUT2D eigenvalue weighted by Gasteiger charge is 2.52. The van der Waals surface area contributed by atoms with Gasteiger partial charge in [-0.15, -0.1) is 0 Å². The summed E-state index contributed by atoms with van der Waals surface area (Å²) in [6.45, 7) is 0. The molecule has 2 aliphatic carbocycles. The summed E-state index contributed by atoms with van der Waals surface area (Å²) in [7, 11) is 0. The van der Waals surface area contributed by atoms with Gasteiger partial charge in [0.05, 0.1) is 16.4 Å². The molecule has 0 unspecified atom stereocenters. The molecule has 0 saturated carbocycles. The number of hydrogen-bond donors (Lipinski definition) is 0.